The van der Waals surface area contributed by atoms with Crippen LogP contribution in [0.15, 0.2) is 24.8 Å². The summed E-state index contributed by atoms with van der Waals surface area (Å²) < 4.78 is 0. The third kappa shape index (κ3) is 7.47. The van der Waals surface area contributed by atoms with Crippen LogP contribution in [-0.2, 0) is 5.41 Å². The number of phenols is 1. The quantitative estimate of drug-likeness (QED) is 0.270. The lowest BCUT2D eigenvalue weighted by Gasteiger charge is -2.22. The van der Waals surface area contributed by atoms with Gasteiger partial charge < -0.3 is 5.11 Å². The van der Waals surface area contributed by atoms with E-state index in [1.165, 1.54) is 48.4 Å². The zero-order valence-corrected chi connectivity index (χ0v) is 21.5. The van der Waals surface area contributed by atoms with Crippen molar-refractivity contribution in [2.24, 2.45) is 0 Å². The zero-order chi connectivity index (χ0) is 23.7. The fourth-order valence-corrected chi connectivity index (χ4v) is 5.09. The summed E-state index contributed by atoms with van der Waals surface area (Å²) in [5, 5.41) is 20.1. The summed E-state index contributed by atoms with van der Waals surface area (Å²) in [5.41, 5.74) is 3.88. The lowest BCUT2D eigenvalue weighted by atomic mass is 9.85. The number of benzene rings is 1. The minimum Gasteiger partial charge on any atom is -0.505 e. The van der Waals surface area contributed by atoms with Crippen LogP contribution in [0.3, 0.4) is 0 Å². The molecule has 0 aliphatic carbocycles. The van der Waals surface area contributed by atoms with Crippen molar-refractivity contribution in [1.29, 1.82) is 0 Å². The number of unbranched alkanes of at least 4 members (excludes halogenated alkanes) is 4. The van der Waals surface area contributed by atoms with Crippen molar-refractivity contribution >= 4 is 28.5 Å². The molecule has 4 nitrogen and oxygen atoms in total. The molecule has 0 saturated carbocycles. The van der Waals surface area contributed by atoms with Gasteiger partial charge in [0.25, 0.3) is 0 Å². The third-order valence-corrected chi connectivity index (χ3v) is 7.22. The predicted octanol–water partition coefficient (Wildman–Crippen LogP) is 7.30. The van der Waals surface area contributed by atoms with Crippen LogP contribution in [-0.4, -0.2) is 37.5 Å². The van der Waals surface area contributed by atoms with Crippen molar-refractivity contribution in [2.75, 3.05) is 11.5 Å². The van der Waals surface area contributed by atoms with E-state index in [1.807, 2.05) is 25.1 Å². The second kappa shape index (κ2) is 12.2. The molecule has 32 heavy (non-hydrogen) atoms. The van der Waals surface area contributed by atoms with Gasteiger partial charge in [-0.1, -0.05) is 65.1 Å². The van der Waals surface area contributed by atoms with Gasteiger partial charge in [0.05, 0.1) is 0 Å². The Morgan fingerprint density at radius 2 is 1.75 bits per heavy atom. The molecule has 5 heteroatoms. The Bertz CT molecular complexity index is 951. The molecule has 2 aromatic rings. The Labute approximate surface area is 197 Å². The van der Waals surface area contributed by atoms with E-state index in [9.17, 15) is 5.11 Å². The van der Waals surface area contributed by atoms with Gasteiger partial charge in [0, 0.05) is 5.56 Å². The number of allylic oxidation sites excluding steroid dienone is 1. The Hall–Kier alpha value is -2.14. The zero-order valence-electron chi connectivity index (χ0n) is 20.7. The van der Waals surface area contributed by atoms with Crippen LogP contribution < -0.4 is 0 Å². The van der Waals surface area contributed by atoms with Gasteiger partial charge in [0.15, 0.2) is 0 Å². The van der Waals surface area contributed by atoms with Gasteiger partial charge in [-0.25, -0.2) is 0 Å². The second-order valence-corrected chi connectivity index (χ2v) is 11.6. The lowest BCUT2D eigenvalue weighted by molar-refractivity contribution is 0.440. The van der Waals surface area contributed by atoms with Gasteiger partial charge in [-0.3, -0.25) is 0 Å². The topological polar surface area (TPSA) is 50.9 Å². The smallest absolute Gasteiger partial charge is 0.146 e. The monoisotopic (exact) mass is 455 g/mol. The molecule has 1 aromatic carbocycles. The van der Waals surface area contributed by atoms with Crippen molar-refractivity contribution < 1.29 is 5.11 Å². The van der Waals surface area contributed by atoms with E-state index in [4.69, 9.17) is 0 Å². The highest BCUT2D eigenvalue weighted by molar-refractivity contribution is 8.14. The van der Waals surface area contributed by atoms with Crippen LogP contribution in [0.1, 0.15) is 88.7 Å². The number of rotatable bonds is 12. The van der Waals surface area contributed by atoms with E-state index in [2.05, 4.69) is 56.4 Å². The van der Waals surface area contributed by atoms with E-state index in [-0.39, 0.29) is 11.2 Å². The van der Waals surface area contributed by atoms with E-state index in [0.717, 1.165) is 28.9 Å². The van der Waals surface area contributed by atoms with Gasteiger partial charge in [0.2, 0.25) is 0 Å². The van der Waals surface area contributed by atoms with Crippen molar-refractivity contribution in [3.8, 4) is 11.4 Å². The minimum absolute atomic E-state index is 0.174. The van der Waals surface area contributed by atoms with Crippen LogP contribution in [0.2, 0.25) is 0 Å². The second-order valence-electron chi connectivity index (χ2n) is 9.52. The number of nitrogens with zero attached hydrogens (tertiary/aromatic N) is 3. The van der Waals surface area contributed by atoms with Crippen LogP contribution >= 0.6 is 10.5 Å². The molecular weight excluding hydrogens is 414 g/mol. The van der Waals surface area contributed by atoms with Crippen LogP contribution in [0.5, 0.6) is 5.75 Å². The molecule has 1 unspecified atom stereocenters. The molecule has 0 saturated heterocycles. The Morgan fingerprint density at radius 3 is 2.41 bits per heavy atom. The highest BCUT2D eigenvalue weighted by atomic mass is 32.2. The van der Waals surface area contributed by atoms with Crippen molar-refractivity contribution in [2.45, 2.75) is 78.6 Å². The number of phenolic OH excluding ortho intramolecular Hbond substituents is 1. The van der Waals surface area contributed by atoms with E-state index in [0.29, 0.717) is 16.2 Å². The predicted molar refractivity (Wildman–Crippen MR) is 143 cm³/mol. The first kappa shape index (κ1) is 26.1. The molecule has 1 atom stereocenters. The molecule has 0 fully saturated rings. The lowest BCUT2D eigenvalue weighted by Crippen LogP contribution is -2.13. The largest absolute Gasteiger partial charge is 0.505 e. The third-order valence-electron chi connectivity index (χ3n) is 5.48. The minimum atomic E-state index is -0.174. The summed E-state index contributed by atoms with van der Waals surface area (Å²) in [7, 11) is 0.341. The summed E-state index contributed by atoms with van der Waals surface area (Å²) in [6, 6.07) is 3.95. The average Bonchev–Trinajstić information content (AvgIpc) is 3.15. The van der Waals surface area contributed by atoms with Gasteiger partial charge >= 0.3 is 0 Å². The molecule has 0 bridgehead atoms. The molecule has 1 N–H and O–H groups in total. The van der Waals surface area contributed by atoms with Gasteiger partial charge in [-0.15, -0.1) is 15.0 Å². The molecule has 0 aliphatic heterocycles. The normalized spacial score (nSPS) is 13.0. The molecule has 176 valence electrons. The molecule has 2 rings (SSSR count). The summed E-state index contributed by atoms with van der Waals surface area (Å²) in [6.45, 7) is 14.4. The van der Waals surface area contributed by atoms with Crippen molar-refractivity contribution in [3.63, 3.8) is 0 Å². The SMILES string of the molecule is C=Cc1nn(-c2cc(C)cc(C(C)(C)C)c2O)nc1/C=C/CCCCCS(=C)CCCC. The average molecular weight is 456 g/mol. The molecule has 1 aromatic heterocycles. The fraction of sp³-hybridized carbons (Fsp3) is 0.519. The molecule has 0 radical (unpaired) electrons. The summed E-state index contributed by atoms with van der Waals surface area (Å²) >= 11 is 0. The van der Waals surface area contributed by atoms with Gasteiger partial charge in [0.1, 0.15) is 22.8 Å². The van der Waals surface area contributed by atoms with E-state index >= 15 is 0 Å². The Morgan fingerprint density at radius 1 is 1.06 bits per heavy atom. The highest BCUT2D eigenvalue weighted by Gasteiger charge is 2.22. The van der Waals surface area contributed by atoms with E-state index in [1.54, 1.807) is 6.08 Å². The van der Waals surface area contributed by atoms with Crippen LogP contribution in [0, 0.1) is 6.92 Å². The molecule has 0 amide bonds. The maximum absolute atomic E-state index is 10.9. The van der Waals surface area contributed by atoms with Crippen LogP contribution in [0.25, 0.3) is 17.8 Å². The molecule has 0 aliphatic rings. The first-order chi connectivity index (χ1) is 15.2. The number of aromatic hydroxyl groups is 1. The highest BCUT2D eigenvalue weighted by Crippen LogP contribution is 2.36. The van der Waals surface area contributed by atoms with Gasteiger partial charge in [-0.05, 0) is 73.3 Å². The van der Waals surface area contributed by atoms with Gasteiger partial charge in [-0.2, -0.15) is 10.5 Å². The first-order valence-electron chi connectivity index (χ1n) is 11.7. The van der Waals surface area contributed by atoms with Crippen molar-refractivity contribution in [3.05, 3.63) is 47.3 Å². The number of aromatic nitrogens is 3. The molecular formula is C27H41N3OS. The summed E-state index contributed by atoms with van der Waals surface area (Å²) in [6.07, 6.45) is 13.2. The van der Waals surface area contributed by atoms with E-state index < -0.39 is 0 Å². The standard InChI is InChI=1S/C27H41N3OS/c1-8-10-17-32(7)18-15-13-11-12-14-16-24-23(9-2)28-30(29-24)25-20-21(3)19-22(26(25)31)27(4,5)6/h9,14,16,19-20,31H,2,7-8,10-13,15,17-18H2,1,3-6H3/b16-14+. The Balaban J connectivity index is 2.03. The van der Waals surface area contributed by atoms with Crippen LogP contribution in [0.4, 0.5) is 0 Å². The summed E-state index contributed by atoms with van der Waals surface area (Å²) in [5.74, 6) is 7.07. The number of hydrogen-bond acceptors (Lipinski definition) is 3. The molecule has 0 spiro atoms. The van der Waals surface area contributed by atoms with Crippen molar-refractivity contribution in [1.82, 2.24) is 15.0 Å². The maximum Gasteiger partial charge on any atom is 0.146 e. The number of aryl methyl sites for hydroxylation is 1. The fourth-order valence-electron chi connectivity index (χ4n) is 3.58. The first-order valence-corrected chi connectivity index (χ1v) is 13.5. The maximum atomic E-state index is 10.9. The molecule has 1 heterocycles. The Kier molecular flexibility index (Phi) is 9.95. The summed E-state index contributed by atoms with van der Waals surface area (Å²) in [4.78, 5) is 1.53. The number of hydrogen-bond donors (Lipinski definition) is 1.